The lowest BCUT2D eigenvalue weighted by Crippen LogP contribution is -2.39. The standard InChI is InChI=1S/C25H21N3O3S/c29-24-14-26-23-12-16(9-10-22(23)28-24)32(30,31)27-13-15-11-21-17-5-1-3-7-19(17)25(15)20-8-4-2-6-18(20)21/h1-10,12,14-15,21,25,27H,11,13H2,(H,28,29). The van der Waals surface area contributed by atoms with E-state index < -0.39 is 10.0 Å². The number of H-pyrrole nitrogens is 1. The van der Waals surface area contributed by atoms with Gasteiger partial charge >= 0.3 is 0 Å². The van der Waals surface area contributed by atoms with Crippen molar-refractivity contribution in [1.82, 2.24) is 14.7 Å². The molecule has 3 aliphatic rings. The summed E-state index contributed by atoms with van der Waals surface area (Å²) in [5, 5.41) is 0. The lowest BCUT2D eigenvalue weighted by molar-refractivity contribution is 0.355. The maximum Gasteiger partial charge on any atom is 0.266 e. The molecule has 0 amide bonds. The summed E-state index contributed by atoms with van der Waals surface area (Å²) in [4.78, 5) is 18.3. The van der Waals surface area contributed by atoms with Crippen LogP contribution in [0.3, 0.4) is 0 Å². The number of nitrogens with zero attached hydrogens (tertiary/aromatic N) is 1. The molecule has 4 aromatic rings. The molecule has 2 N–H and O–H groups in total. The van der Waals surface area contributed by atoms with E-state index in [9.17, 15) is 13.2 Å². The monoisotopic (exact) mass is 443 g/mol. The molecule has 0 aliphatic heterocycles. The summed E-state index contributed by atoms with van der Waals surface area (Å²) >= 11 is 0. The van der Waals surface area contributed by atoms with Crippen LogP contribution < -0.4 is 10.3 Å². The van der Waals surface area contributed by atoms with Gasteiger partial charge in [-0.15, -0.1) is 0 Å². The lowest BCUT2D eigenvalue weighted by Gasteiger charge is -2.45. The molecule has 0 spiro atoms. The minimum absolute atomic E-state index is 0.145. The van der Waals surface area contributed by atoms with E-state index in [1.54, 1.807) is 6.07 Å². The SMILES string of the molecule is O=c1cnc2cc(S(=O)(=O)NCC3CC4c5ccccc5C3c3ccccc34)ccc2[nH]1. The van der Waals surface area contributed by atoms with Crippen molar-refractivity contribution < 1.29 is 8.42 Å². The maximum atomic E-state index is 13.1. The predicted octanol–water partition coefficient (Wildman–Crippen LogP) is 3.50. The first-order valence-corrected chi connectivity index (χ1v) is 12.2. The third-order valence-corrected chi connectivity index (χ3v) is 8.24. The molecular formula is C25H21N3O3S. The van der Waals surface area contributed by atoms with Gasteiger partial charge in [0.2, 0.25) is 10.0 Å². The predicted molar refractivity (Wildman–Crippen MR) is 122 cm³/mol. The molecule has 160 valence electrons. The van der Waals surface area contributed by atoms with Crippen LogP contribution >= 0.6 is 0 Å². The largest absolute Gasteiger partial charge is 0.319 e. The molecule has 6 nitrogen and oxygen atoms in total. The number of rotatable bonds is 4. The van der Waals surface area contributed by atoms with Crippen LogP contribution in [0, 0.1) is 5.92 Å². The van der Waals surface area contributed by atoms with Crippen LogP contribution in [-0.4, -0.2) is 24.9 Å². The second kappa shape index (κ2) is 7.12. The van der Waals surface area contributed by atoms with Crippen molar-refractivity contribution in [1.29, 1.82) is 0 Å². The van der Waals surface area contributed by atoms with Gasteiger partial charge in [0.1, 0.15) is 0 Å². The Morgan fingerprint density at radius 2 is 1.59 bits per heavy atom. The molecule has 0 saturated carbocycles. The Bertz CT molecular complexity index is 1480. The van der Waals surface area contributed by atoms with Crippen LogP contribution in [0.1, 0.15) is 40.5 Å². The van der Waals surface area contributed by atoms with Crippen LogP contribution in [-0.2, 0) is 10.0 Å². The smallest absolute Gasteiger partial charge is 0.266 e. The van der Waals surface area contributed by atoms with Crippen molar-refractivity contribution in [3.8, 4) is 0 Å². The zero-order chi connectivity index (χ0) is 21.9. The van der Waals surface area contributed by atoms with Gasteiger partial charge in [-0.3, -0.25) is 4.79 Å². The Morgan fingerprint density at radius 3 is 2.28 bits per heavy atom. The van der Waals surface area contributed by atoms with E-state index in [4.69, 9.17) is 0 Å². The highest BCUT2D eigenvalue weighted by Crippen LogP contribution is 2.55. The maximum absolute atomic E-state index is 13.1. The Morgan fingerprint density at radius 1 is 0.938 bits per heavy atom. The number of nitrogens with one attached hydrogen (secondary N) is 2. The molecule has 2 bridgehead atoms. The van der Waals surface area contributed by atoms with Gasteiger partial charge in [0.05, 0.1) is 22.1 Å². The Balaban J connectivity index is 1.31. The quantitative estimate of drug-likeness (QED) is 0.505. The molecule has 1 aromatic heterocycles. The normalized spacial score (nSPS) is 21.3. The number of hydrogen-bond acceptors (Lipinski definition) is 4. The summed E-state index contributed by atoms with van der Waals surface area (Å²) in [5.41, 5.74) is 5.98. The van der Waals surface area contributed by atoms with Crippen LogP contribution in [0.5, 0.6) is 0 Å². The van der Waals surface area contributed by atoms with Gasteiger partial charge in [0.15, 0.2) is 0 Å². The van der Waals surface area contributed by atoms with Crippen LogP contribution in [0.2, 0.25) is 0 Å². The topological polar surface area (TPSA) is 91.9 Å². The van der Waals surface area contributed by atoms with Gasteiger partial charge in [-0.25, -0.2) is 18.1 Å². The first-order valence-electron chi connectivity index (χ1n) is 10.7. The number of aromatic nitrogens is 2. The van der Waals surface area contributed by atoms with Gasteiger partial charge in [0.25, 0.3) is 5.56 Å². The molecule has 7 rings (SSSR count). The summed E-state index contributed by atoms with van der Waals surface area (Å²) < 4.78 is 29.0. The van der Waals surface area contributed by atoms with Gasteiger partial charge in [-0.1, -0.05) is 48.5 Å². The fourth-order valence-corrected chi connectivity index (χ4v) is 6.56. The van der Waals surface area contributed by atoms with Gasteiger partial charge in [-0.2, -0.15) is 0 Å². The molecule has 3 aliphatic carbocycles. The second-order valence-corrected chi connectivity index (χ2v) is 10.3. The molecule has 1 atom stereocenters. The van der Waals surface area contributed by atoms with Gasteiger partial charge < -0.3 is 4.98 Å². The average Bonchev–Trinajstić information content (AvgIpc) is 2.82. The number of sulfonamides is 1. The van der Waals surface area contributed by atoms with Crippen molar-refractivity contribution in [2.75, 3.05) is 6.54 Å². The third-order valence-electron chi connectivity index (χ3n) is 6.82. The average molecular weight is 444 g/mol. The number of fused-ring (bicyclic) bond motifs is 2. The highest BCUT2D eigenvalue weighted by Gasteiger charge is 2.43. The van der Waals surface area contributed by atoms with Crippen molar-refractivity contribution in [3.05, 3.63) is 106 Å². The third kappa shape index (κ3) is 3.00. The van der Waals surface area contributed by atoms with Crippen LogP contribution in [0.25, 0.3) is 11.0 Å². The fourth-order valence-electron chi connectivity index (χ4n) is 5.44. The molecule has 3 aromatic carbocycles. The number of benzene rings is 3. The van der Waals surface area contributed by atoms with Crippen molar-refractivity contribution in [3.63, 3.8) is 0 Å². The van der Waals surface area contributed by atoms with E-state index in [0.29, 0.717) is 23.5 Å². The molecule has 32 heavy (non-hydrogen) atoms. The van der Waals surface area contributed by atoms with E-state index in [0.717, 1.165) is 12.6 Å². The van der Waals surface area contributed by atoms with E-state index in [1.165, 1.54) is 34.4 Å². The van der Waals surface area contributed by atoms with E-state index in [1.807, 2.05) is 0 Å². The first-order chi connectivity index (χ1) is 15.5. The van der Waals surface area contributed by atoms with Gasteiger partial charge in [0, 0.05) is 18.4 Å². The van der Waals surface area contributed by atoms with E-state index in [-0.39, 0.29) is 22.3 Å². The van der Waals surface area contributed by atoms with E-state index >= 15 is 0 Å². The molecule has 0 saturated heterocycles. The zero-order valence-electron chi connectivity index (χ0n) is 17.2. The van der Waals surface area contributed by atoms with Gasteiger partial charge in [-0.05, 0) is 52.8 Å². The minimum atomic E-state index is -3.71. The lowest BCUT2D eigenvalue weighted by atomic mass is 9.59. The zero-order valence-corrected chi connectivity index (χ0v) is 18.0. The summed E-state index contributed by atoms with van der Waals surface area (Å²) in [5.74, 6) is 0.650. The van der Waals surface area contributed by atoms with Crippen LogP contribution in [0.4, 0.5) is 0 Å². The Kier molecular flexibility index (Phi) is 4.31. The van der Waals surface area contributed by atoms with Crippen molar-refractivity contribution >= 4 is 21.1 Å². The second-order valence-electron chi connectivity index (χ2n) is 8.56. The highest BCUT2D eigenvalue weighted by molar-refractivity contribution is 7.89. The van der Waals surface area contributed by atoms with Crippen molar-refractivity contribution in [2.45, 2.75) is 23.2 Å². The number of aromatic amines is 1. The number of hydrogen-bond donors (Lipinski definition) is 2. The summed E-state index contributed by atoms with van der Waals surface area (Å²) in [7, 11) is -3.71. The molecule has 0 fully saturated rings. The summed E-state index contributed by atoms with van der Waals surface area (Å²) in [6.07, 6.45) is 2.07. The fraction of sp³-hybridized carbons (Fsp3) is 0.200. The van der Waals surface area contributed by atoms with Crippen molar-refractivity contribution in [2.24, 2.45) is 5.92 Å². The van der Waals surface area contributed by atoms with E-state index in [2.05, 4.69) is 63.2 Å². The molecular weight excluding hydrogens is 422 g/mol. The summed E-state index contributed by atoms with van der Waals surface area (Å²) in [6.45, 7) is 0.364. The summed E-state index contributed by atoms with van der Waals surface area (Å²) in [6, 6.07) is 21.6. The molecule has 1 heterocycles. The Hall–Kier alpha value is -3.29. The minimum Gasteiger partial charge on any atom is -0.319 e. The Labute approximate surface area is 185 Å². The molecule has 7 heteroatoms. The molecule has 1 unspecified atom stereocenters. The highest BCUT2D eigenvalue weighted by atomic mass is 32.2. The van der Waals surface area contributed by atoms with Crippen LogP contribution in [0.15, 0.2) is 82.6 Å². The molecule has 0 radical (unpaired) electrons. The first kappa shape index (κ1) is 19.4.